The van der Waals surface area contributed by atoms with Gasteiger partial charge < -0.3 is 9.84 Å². The summed E-state index contributed by atoms with van der Waals surface area (Å²) >= 11 is 0. The lowest BCUT2D eigenvalue weighted by Crippen LogP contribution is -2.33. The van der Waals surface area contributed by atoms with Gasteiger partial charge in [-0.2, -0.15) is 0 Å². The Bertz CT molecular complexity index is 1040. The zero-order valence-corrected chi connectivity index (χ0v) is 18.7. The molecule has 0 spiro atoms. The first-order chi connectivity index (χ1) is 14.0. The Kier molecular flexibility index (Phi) is 6.24. The number of likely N-dealkylation sites (tertiary alicyclic amines) is 1. The maximum atomic E-state index is 12.9. The van der Waals surface area contributed by atoms with Gasteiger partial charge in [-0.15, -0.1) is 0 Å². The van der Waals surface area contributed by atoms with Crippen molar-refractivity contribution in [3.05, 3.63) is 53.6 Å². The fourth-order valence-corrected chi connectivity index (χ4v) is 5.23. The smallest absolute Gasteiger partial charge is 0.320 e. The van der Waals surface area contributed by atoms with Crippen LogP contribution in [0.2, 0.25) is 0 Å². The third-order valence-corrected chi connectivity index (χ3v) is 6.91. The fraction of sp³-hybridized carbons (Fsp3) is 0.435. The highest BCUT2D eigenvalue weighted by Gasteiger charge is 2.28. The normalized spacial score (nSPS) is 17.8. The Labute approximate surface area is 178 Å². The summed E-state index contributed by atoms with van der Waals surface area (Å²) in [4.78, 5) is 14.4. The Morgan fingerprint density at radius 3 is 2.50 bits per heavy atom. The van der Waals surface area contributed by atoms with Crippen LogP contribution in [0.1, 0.15) is 44.2 Å². The number of carbonyl (C=O) groups excluding carboxylic acids is 1. The molecule has 0 bridgehead atoms. The van der Waals surface area contributed by atoms with Crippen molar-refractivity contribution in [1.29, 1.82) is 0 Å². The molecule has 3 rings (SSSR count). The van der Waals surface area contributed by atoms with Crippen LogP contribution in [0.25, 0.3) is 0 Å². The van der Waals surface area contributed by atoms with Crippen LogP contribution >= 0.6 is 0 Å². The molecule has 1 aliphatic heterocycles. The number of carbonyl (C=O) groups is 1. The molecule has 0 aromatic heterocycles. The van der Waals surface area contributed by atoms with Crippen molar-refractivity contribution in [3.63, 3.8) is 0 Å². The predicted octanol–water partition coefficient (Wildman–Crippen LogP) is 3.66. The highest BCUT2D eigenvalue weighted by atomic mass is 32.2. The number of benzene rings is 2. The van der Waals surface area contributed by atoms with Crippen LogP contribution in [-0.2, 0) is 19.4 Å². The number of hydrogen-bond donors (Lipinski definition) is 1. The van der Waals surface area contributed by atoms with E-state index in [4.69, 9.17) is 4.74 Å². The number of nitrogens with zero attached hydrogens (tertiary/aromatic N) is 1. The molecular formula is C23H29NO5S. The number of aryl methyl sites for hydroxylation is 1. The van der Waals surface area contributed by atoms with Gasteiger partial charge in [0.15, 0.2) is 0 Å². The van der Waals surface area contributed by atoms with Crippen molar-refractivity contribution >= 4 is 15.8 Å². The molecule has 1 unspecified atom stereocenters. The Morgan fingerprint density at radius 1 is 1.17 bits per heavy atom. The average Bonchev–Trinajstić information content (AvgIpc) is 3.08. The van der Waals surface area contributed by atoms with Gasteiger partial charge in [0, 0.05) is 6.54 Å². The van der Waals surface area contributed by atoms with E-state index in [2.05, 4.69) is 4.90 Å². The molecule has 0 saturated carbocycles. The number of hydrogen-bond acceptors (Lipinski definition) is 6. The van der Waals surface area contributed by atoms with Gasteiger partial charge in [0.25, 0.3) is 0 Å². The zero-order chi connectivity index (χ0) is 22.1. The minimum atomic E-state index is -3.70. The van der Waals surface area contributed by atoms with Crippen LogP contribution in [0.3, 0.4) is 0 Å². The molecule has 7 heteroatoms. The van der Waals surface area contributed by atoms with Crippen molar-refractivity contribution in [2.24, 2.45) is 0 Å². The van der Waals surface area contributed by atoms with Gasteiger partial charge in [-0.25, -0.2) is 8.42 Å². The second-order valence-electron chi connectivity index (χ2n) is 8.83. The lowest BCUT2D eigenvalue weighted by atomic mass is 9.94. The highest BCUT2D eigenvalue weighted by molar-refractivity contribution is 7.91. The second kappa shape index (κ2) is 8.40. The van der Waals surface area contributed by atoms with Gasteiger partial charge in [0.05, 0.1) is 16.3 Å². The maximum Gasteiger partial charge on any atom is 0.320 e. The fourth-order valence-electron chi connectivity index (χ4n) is 3.85. The number of esters is 1. The first-order valence-electron chi connectivity index (χ1n) is 10.0. The first-order valence-corrected chi connectivity index (χ1v) is 11.5. The summed E-state index contributed by atoms with van der Waals surface area (Å²) in [6.45, 7) is 9.27. The van der Waals surface area contributed by atoms with E-state index < -0.39 is 15.4 Å². The molecule has 2 aromatic rings. The van der Waals surface area contributed by atoms with Crippen LogP contribution in [-0.4, -0.2) is 49.6 Å². The number of phenolic OH excluding ortho intramolecular Hbond substituents is 1. The van der Waals surface area contributed by atoms with E-state index in [0.29, 0.717) is 0 Å². The summed E-state index contributed by atoms with van der Waals surface area (Å²) in [5, 5.41) is 9.61. The number of rotatable bonds is 5. The Morgan fingerprint density at radius 2 is 1.87 bits per heavy atom. The minimum absolute atomic E-state index is 0.0686. The Hall–Kier alpha value is -2.38. The van der Waals surface area contributed by atoms with Crippen molar-refractivity contribution in [3.8, 4) is 5.75 Å². The van der Waals surface area contributed by atoms with E-state index in [-0.39, 0.29) is 34.0 Å². The number of phenols is 1. The quantitative estimate of drug-likeness (QED) is 0.728. The summed E-state index contributed by atoms with van der Waals surface area (Å²) in [6, 6.07) is 10.9. The maximum absolute atomic E-state index is 12.9. The van der Waals surface area contributed by atoms with Gasteiger partial charge in [0.2, 0.25) is 9.84 Å². The molecule has 2 aromatic carbocycles. The second-order valence-corrected chi connectivity index (χ2v) is 10.8. The lowest BCUT2D eigenvalue weighted by molar-refractivity contribution is -0.155. The van der Waals surface area contributed by atoms with E-state index in [9.17, 15) is 18.3 Å². The number of ether oxygens (including phenoxy) is 1. The van der Waals surface area contributed by atoms with E-state index in [1.807, 2.05) is 33.8 Å². The van der Waals surface area contributed by atoms with Crippen LogP contribution in [0, 0.1) is 6.92 Å². The highest BCUT2D eigenvalue weighted by Crippen LogP contribution is 2.32. The topological polar surface area (TPSA) is 83.9 Å². The molecule has 162 valence electrons. The standard InChI is InChI=1S/C23H29NO5S/c1-16-12-20(30(27,28)19-7-5-6-18(25)13-19)8-9-21(16)17-10-11-24(14-17)15-22(26)29-23(2,3)4/h5-9,12-13,17,25H,10-11,14-15H2,1-4H3. The van der Waals surface area contributed by atoms with Crippen LogP contribution in [0.4, 0.5) is 0 Å². The predicted molar refractivity (Wildman–Crippen MR) is 114 cm³/mol. The van der Waals surface area contributed by atoms with E-state index in [1.54, 1.807) is 12.1 Å². The van der Waals surface area contributed by atoms with Crippen molar-refractivity contribution < 1.29 is 23.1 Å². The summed E-state index contributed by atoms with van der Waals surface area (Å²) < 4.78 is 31.2. The molecule has 1 N–H and O–H groups in total. The molecular weight excluding hydrogens is 402 g/mol. The van der Waals surface area contributed by atoms with E-state index in [1.165, 1.54) is 24.3 Å². The summed E-state index contributed by atoms with van der Waals surface area (Å²) in [7, 11) is -3.70. The summed E-state index contributed by atoms with van der Waals surface area (Å²) in [5.74, 6) is -0.0714. The number of sulfone groups is 1. The van der Waals surface area contributed by atoms with Crippen LogP contribution in [0.15, 0.2) is 52.3 Å². The molecule has 0 radical (unpaired) electrons. The van der Waals surface area contributed by atoms with Crippen LogP contribution in [0.5, 0.6) is 5.75 Å². The van der Waals surface area contributed by atoms with E-state index in [0.717, 1.165) is 30.6 Å². The van der Waals surface area contributed by atoms with Gasteiger partial charge in [-0.3, -0.25) is 9.69 Å². The van der Waals surface area contributed by atoms with E-state index >= 15 is 0 Å². The van der Waals surface area contributed by atoms with Gasteiger partial charge in [0.1, 0.15) is 11.4 Å². The Balaban J connectivity index is 1.73. The summed E-state index contributed by atoms with van der Waals surface area (Å²) in [5.41, 5.74) is 1.50. The third-order valence-electron chi connectivity index (χ3n) is 5.16. The largest absolute Gasteiger partial charge is 0.508 e. The van der Waals surface area contributed by atoms with Crippen molar-refractivity contribution in [2.45, 2.75) is 55.4 Å². The minimum Gasteiger partial charge on any atom is -0.508 e. The molecule has 30 heavy (non-hydrogen) atoms. The first kappa shape index (κ1) is 22.3. The van der Waals surface area contributed by atoms with Gasteiger partial charge >= 0.3 is 5.97 Å². The monoisotopic (exact) mass is 431 g/mol. The number of aromatic hydroxyl groups is 1. The average molecular weight is 432 g/mol. The lowest BCUT2D eigenvalue weighted by Gasteiger charge is -2.22. The van der Waals surface area contributed by atoms with Crippen molar-refractivity contribution in [1.82, 2.24) is 4.90 Å². The van der Waals surface area contributed by atoms with Gasteiger partial charge in [-0.05, 0) is 88.0 Å². The molecule has 1 atom stereocenters. The SMILES string of the molecule is Cc1cc(S(=O)(=O)c2cccc(O)c2)ccc1C1CCN(CC(=O)OC(C)(C)C)C1. The summed E-state index contributed by atoms with van der Waals surface area (Å²) in [6.07, 6.45) is 0.905. The zero-order valence-electron chi connectivity index (χ0n) is 17.9. The molecule has 1 saturated heterocycles. The van der Waals surface area contributed by atoms with Gasteiger partial charge in [-0.1, -0.05) is 12.1 Å². The molecule has 1 fully saturated rings. The molecule has 1 aliphatic rings. The molecule has 0 amide bonds. The van der Waals surface area contributed by atoms with Crippen LogP contribution < -0.4 is 0 Å². The molecule has 0 aliphatic carbocycles. The molecule has 6 nitrogen and oxygen atoms in total. The van der Waals surface area contributed by atoms with Crippen molar-refractivity contribution in [2.75, 3.05) is 19.6 Å². The molecule has 1 heterocycles. The third kappa shape index (κ3) is 5.21.